The fourth-order valence-corrected chi connectivity index (χ4v) is 0.746. The van der Waals surface area contributed by atoms with Crippen LogP contribution in [0.25, 0.3) is 0 Å². The van der Waals surface area contributed by atoms with Crippen LogP contribution in [0.4, 0.5) is 0 Å². The second kappa shape index (κ2) is 2.33. The highest BCUT2D eigenvalue weighted by Gasteiger charge is 2.37. The Morgan fingerprint density at radius 1 is 1.89 bits per heavy atom. The van der Waals surface area contributed by atoms with Crippen molar-refractivity contribution in [1.29, 1.82) is 0 Å². The number of aliphatic hydroxyl groups excluding tert-OH is 1. The van der Waals surface area contributed by atoms with Gasteiger partial charge >= 0.3 is 0 Å². The molecule has 52 valence electrons. The van der Waals surface area contributed by atoms with Gasteiger partial charge in [0.1, 0.15) is 0 Å². The molecule has 4 nitrogen and oxygen atoms in total. The number of β-lactam (4-membered cyclic amide) rings is 1. The van der Waals surface area contributed by atoms with Crippen LogP contribution in [0, 0.1) is 0 Å². The second-order valence-corrected chi connectivity index (χ2v) is 2.02. The molecule has 1 rings (SSSR count). The van der Waals surface area contributed by atoms with Crippen molar-refractivity contribution in [2.24, 2.45) is 0 Å². The smallest absolute Gasteiger partial charge is 0.251 e. The van der Waals surface area contributed by atoms with E-state index in [2.05, 4.69) is 10.1 Å². The van der Waals surface area contributed by atoms with E-state index in [1.54, 1.807) is 0 Å². The van der Waals surface area contributed by atoms with E-state index in [9.17, 15) is 4.79 Å². The maximum absolute atomic E-state index is 10.3. The first-order valence-electron chi connectivity index (χ1n) is 2.73. The number of amides is 1. The van der Waals surface area contributed by atoms with Crippen molar-refractivity contribution in [3.63, 3.8) is 0 Å². The van der Waals surface area contributed by atoms with Gasteiger partial charge in [0, 0.05) is 7.11 Å². The van der Waals surface area contributed by atoms with Crippen LogP contribution in [-0.4, -0.2) is 36.9 Å². The predicted molar refractivity (Wildman–Crippen MR) is 29.8 cm³/mol. The average molecular weight is 131 g/mol. The van der Waals surface area contributed by atoms with Crippen molar-refractivity contribution in [3.05, 3.63) is 0 Å². The normalized spacial score (nSPS) is 33.3. The SMILES string of the molecule is COCC1NC(=O)C1O. The molecule has 1 aliphatic rings. The molecule has 2 unspecified atom stereocenters. The van der Waals surface area contributed by atoms with Crippen molar-refractivity contribution >= 4 is 5.91 Å². The number of rotatable bonds is 2. The lowest BCUT2D eigenvalue weighted by Crippen LogP contribution is -2.64. The molecule has 0 aliphatic carbocycles. The van der Waals surface area contributed by atoms with Crippen LogP contribution >= 0.6 is 0 Å². The molecular weight excluding hydrogens is 122 g/mol. The first kappa shape index (κ1) is 6.51. The van der Waals surface area contributed by atoms with Gasteiger partial charge in [-0.15, -0.1) is 0 Å². The lowest BCUT2D eigenvalue weighted by atomic mass is 10.0. The predicted octanol–water partition coefficient (Wildman–Crippen LogP) is -1.51. The molecule has 0 aromatic rings. The van der Waals surface area contributed by atoms with E-state index in [-0.39, 0.29) is 11.9 Å². The maximum atomic E-state index is 10.3. The van der Waals surface area contributed by atoms with E-state index in [0.717, 1.165) is 0 Å². The van der Waals surface area contributed by atoms with Crippen LogP contribution in [0.5, 0.6) is 0 Å². The Bertz CT molecular complexity index is 125. The van der Waals surface area contributed by atoms with Gasteiger partial charge in [0.25, 0.3) is 5.91 Å². The number of ether oxygens (including phenoxy) is 1. The Hall–Kier alpha value is -0.610. The van der Waals surface area contributed by atoms with Crippen LogP contribution in [0.1, 0.15) is 0 Å². The van der Waals surface area contributed by atoms with Gasteiger partial charge in [0.15, 0.2) is 6.10 Å². The molecule has 0 aromatic carbocycles. The van der Waals surface area contributed by atoms with Gasteiger partial charge < -0.3 is 15.2 Å². The molecule has 0 spiro atoms. The Kier molecular flexibility index (Phi) is 1.68. The molecule has 2 atom stereocenters. The number of carbonyl (C=O) groups is 1. The summed E-state index contributed by atoms with van der Waals surface area (Å²) in [5.74, 6) is -0.308. The van der Waals surface area contributed by atoms with Gasteiger partial charge in [-0.2, -0.15) is 0 Å². The van der Waals surface area contributed by atoms with Gasteiger partial charge in [0.05, 0.1) is 12.6 Å². The second-order valence-electron chi connectivity index (χ2n) is 2.02. The lowest BCUT2D eigenvalue weighted by Gasteiger charge is -2.31. The summed E-state index contributed by atoms with van der Waals surface area (Å²) in [7, 11) is 1.52. The van der Waals surface area contributed by atoms with Gasteiger partial charge in [-0.25, -0.2) is 0 Å². The van der Waals surface area contributed by atoms with Crippen molar-refractivity contribution in [2.75, 3.05) is 13.7 Å². The zero-order chi connectivity index (χ0) is 6.85. The summed E-state index contributed by atoms with van der Waals surface area (Å²) in [6.45, 7) is 0.382. The van der Waals surface area contributed by atoms with Gasteiger partial charge in [-0.1, -0.05) is 0 Å². The minimum atomic E-state index is -0.857. The zero-order valence-corrected chi connectivity index (χ0v) is 5.13. The summed E-state index contributed by atoms with van der Waals surface area (Å²) in [6.07, 6.45) is -0.857. The summed E-state index contributed by atoms with van der Waals surface area (Å²) in [6, 6.07) is -0.192. The van der Waals surface area contributed by atoms with E-state index >= 15 is 0 Å². The number of methoxy groups -OCH3 is 1. The van der Waals surface area contributed by atoms with Crippen molar-refractivity contribution < 1.29 is 14.6 Å². The lowest BCUT2D eigenvalue weighted by molar-refractivity contribution is -0.144. The van der Waals surface area contributed by atoms with Crippen LogP contribution in [0.3, 0.4) is 0 Å². The average Bonchev–Trinajstić information content (AvgIpc) is 1.88. The summed E-state index contributed by atoms with van der Waals surface area (Å²) in [5.41, 5.74) is 0. The quantitative estimate of drug-likeness (QED) is 0.448. The fraction of sp³-hybridized carbons (Fsp3) is 0.800. The topological polar surface area (TPSA) is 58.6 Å². The van der Waals surface area contributed by atoms with Gasteiger partial charge in [-0.3, -0.25) is 4.79 Å². The molecule has 9 heavy (non-hydrogen) atoms. The number of hydrogen-bond donors (Lipinski definition) is 2. The first-order valence-corrected chi connectivity index (χ1v) is 2.73. The van der Waals surface area contributed by atoms with E-state index in [1.165, 1.54) is 7.11 Å². The first-order chi connectivity index (χ1) is 4.25. The van der Waals surface area contributed by atoms with Crippen molar-refractivity contribution in [1.82, 2.24) is 5.32 Å². The summed E-state index contributed by atoms with van der Waals surface area (Å²) in [4.78, 5) is 10.3. The van der Waals surface area contributed by atoms with E-state index in [4.69, 9.17) is 5.11 Å². The van der Waals surface area contributed by atoms with Crippen LogP contribution in [0.2, 0.25) is 0 Å². The third kappa shape index (κ3) is 1.04. The molecule has 0 radical (unpaired) electrons. The fourth-order valence-electron chi connectivity index (χ4n) is 0.746. The molecule has 0 aromatic heterocycles. The van der Waals surface area contributed by atoms with Gasteiger partial charge in [0.2, 0.25) is 0 Å². The number of hydrogen-bond acceptors (Lipinski definition) is 3. The molecule has 0 bridgehead atoms. The largest absolute Gasteiger partial charge is 0.382 e. The zero-order valence-electron chi connectivity index (χ0n) is 5.13. The molecule has 0 saturated carbocycles. The summed E-state index contributed by atoms with van der Waals surface area (Å²) >= 11 is 0. The molecule has 4 heteroatoms. The van der Waals surface area contributed by atoms with Crippen LogP contribution < -0.4 is 5.32 Å². The van der Waals surface area contributed by atoms with E-state index in [1.807, 2.05) is 0 Å². The molecule has 1 aliphatic heterocycles. The van der Waals surface area contributed by atoms with Crippen molar-refractivity contribution in [3.8, 4) is 0 Å². The molecule has 1 fully saturated rings. The highest BCUT2D eigenvalue weighted by molar-refractivity contribution is 5.87. The maximum Gasteiger partial charge on any atom is 0.251 e. The third-order valence-corrected chi connectivity index (χ3v) is 1.32. The van der Waals surface area contributed by atoms with Crippen LogP contribution in [-0.2, 0) is 9.53 Å². The number of nitrogens with one attached hydrogen (secondary N) is 1. The molecule has 1 amide bonds. The minimum absolute atomic E-state index is 0.192. The summed E-state index contributed by atoms with van der Waals surface area (Å²) < 4.78 is 4.69. The molecule has 1 heterocycles. The highest BCUT2D eigenvalue weighted by Crippen LogP contribution is 2.04. The molecule has 2 N–H and O–H groups in total. The number of carbonyl (C=O) groups excluding carboxylic acids is 1. The Morgan fingerprint density at radius 2 is 2.56 bits per heavy atom. The molecule has 1 saturated heterocycles. The summed E-state index contributed by atoms with van der Waals surface area (Å²) in [5, 5.41) is 11.3. The molecular formula is C5H9NO3. The van der Waals surface area contributed by atoms with Crippen LogP contribution in [0.15, 0.2) is 0 Å². The monoisotopic (exact) mass is 131 g/mol. The van der Waals surface area contributed by atoms with Gasteiger partial charge in [-0.05, 0) is 0 Å². The van der Waals surface area contributed by atoms with E-state index < -0.39 is 6.10 Å². The number of aliphatic hydroxyl groups is 1. The Morgan fingerprint density at radius 3 is 2.89 bits per heavy atom. The standard InChI is InChI=1S/C5H9NO3/c1-9-2-3-4(7)5(8)6-3/h3-4,7H,2H2,1H3,(H,6,8). The third-order valence-electron chi connectivity index (χ3n) is 1.32. The highest BCUT2D eigenvalue weighted by atomic mass is 16.5. The van der Waals surface area contributed by atoms with Crippen molar-refractivity contribution in [2.45, 2.75) is 12.1 Å². The Labute approximate surface area is 52.8 Å². The van der Waals surface area contributed by atoms with E-state index in [0.29, 0.717) is 6.61 Å². The Balaban J connectivity index is 2.25. The minimum Gasteiger partial charge on any atom is -0.382 e.